The number of rotatable bonds is 39. The topological polar surface area (TPSA) is 59.1 Å². The van der Waals surface area contributed by atoms with E-state index in [0.29, 0.717) is 26.1 Å². The number of unbranched alkanes of at least 4 members (excludes halogenated alkanes) is 24. The molecule has 0 aliphatic heterocycles. The first kappa shape index (κ1) is 46.9. The van der Waals surface area contributed by atoms with Crippen LogP contribution in [0.15, 0.2) is 0 Å². The average molecular weight is 681 g/mol. The molecule has 0 aliphatic carbocycles. The summed E-state index contributed by atoms with van der Waals surface area (Å²) in [6, 6.07) is 0. The van der Waals surface area contributed by atoms with Gasteiger partial charge in [0, 0.05) is 25.9 Å². The fourth-order valence-electron chi connectivity index (χ4n) is 6.29. The molecule has 48 heavy (non-hydrogen) atoms. The van der Waals surface area contributed by atoms with Gasteiger partial charge in [0.05, 0.1) is 13.2 Å². The van der Waals surface area contributed by atoms with Gasteiger partial charge in [-0.05, 0) is 65.7 Å². The molecule has 0 unspecified atom stereocenters. The van der Waals surface area contributed by atoms with Gasteiger partial charge in [-0.25, -0.2) is 0 Å². The Balaban J connectivity index is 3.70. The minimum absolute atomic E-state index is 0.00583. The lowest BCUT2D eigenvalue weighted by molar-refractivity contribution is -0.144. The van der Waals surface area contributed by atoms with Crippen molar-refractivity contribution < 1.29 is 19.1 Å². The Morgan fingerprint density at radius 3 is 1.04 bits per heavy atom. The molecule has 0 atom stereocenters. The lowest BCUT2D eigenvalue weighted by atomic mass is 10.1. The summed E-state index contributed by atoms with van der Waals surface area (Å²) < 4.78 is 10.9. The van der Waals surface area contributed by atoms with E-state index in [2.05, 4.69) is 37.7 Å². The van der Waals surface area contributed by atoms with Crippen LogP contribution < -0.4 is 0 Å². The van der Waals surface area contributed by atoms with Gasteiger partial charge >= 0.3 is 11.9 Å². The summed E-state index contributed by atoms with van der Waals surface area (Å²) in [4.78, 5) is 29.0. The van der Waals surface area contributed by atoms with Gasteiger partial charge in [-0.2, -0.15) is 0 Å². The predicted octanol–water partition coefficient (Wildman–Crippen LogP) is 11.7. The van der Waals surface area contributed by atoms with E-state index in [9.17, 15) is 9.59 Å². The minimum atomic E-state index is -0.00583. The Labute approximate surface area is 300 Å². The molecule has 6 heteroatoms. The number of hydrogen-bond acceptors (Lipinski definition) is 6. The van der Waals surface area contributed by atoms with Crippen LogP contribution in [0.3, 0.4) is 0 Å². The molecule has 0 saturated carbocycles. The maximum Gasteiger partial charge on any atom is 0.305 e. The Morgan fingerprint density at radius 2 is 0.688 bits per heavy atom. The molecule has 0 radical (unpaired) electrons. The minimum Gasteiger partial charge on any atom is -0.466 e. The number of esters is 2. The Morgan fingerprint density at radius 1 is 0.375 bits per heavy atom. The van der Waals surface area contributed by atoms with Crippen LogP contribution in [0.1, 0.15) is 206 Å². The zero-order valence-corrected chi connectivity index (χ0v) is 33.0. The molecule has 0 heterocycles. The van der Waals surface area contributed by atoms with Crippen LogP contribution in [0.25, 0.3) is 0 Å². The molecule has 0 fully saturated rings. The number of carbonyl (C=O) groups excluding carboxylic acids is 2. The van der Waals surface area contributed by atoms with E-state index < -0.39 is 0 Å². The first-order valence-corrected chi connectivity index (χ1v) is 21.2. The largest absolute Gasteiger partial charge is 0.466 e. The van der Waals surface area contributed by atoms with Crippen molar-refractivity contribution in [2.45, 2.75) is 206 Å². The highest BCUT2D eigenvalue weighted by atomic mass is 16.5. The summed E-state index contributed by atoms with van der Waals surface area (Å²) >= 11 is 0. The molecule has 0 aromatic carbocycles. The molecule has 286 valence electrons. The predicted molar refractivity (Wildman–Crippen MR) is 207 cm³/mol. The molecule has 0 aromatic rings. The zero-order valence-electron chi connectivity index (χ0n) is 33.0. The van der Waals surface area contributed by atoms with Crippen LogP contribution in [-0.2, 0) is 19.1 Å². The van der Waals surface area contributed by atoms with Crippen molar-refractivity contribution in [3.8, 4) is 0 Å². The van der Waals surface area contributed by atoms with E-state index in [0.717, 1.165) is 51.6 Å². The third kappa shape index (κ3) is 37.7. The third-order valence-electron chi connectivity index (χ3n) is 9.60. The summed E-state index contributed by atoms with van der Waals surface area (Å²) in [5.41, 5.74) is 0. The summed E-state index contributed by atoms with van der Waals surface area (Å²) in [6.07, 6.45) is 35.8. The number of ether oxygens (including phenoxy) is 2. The summed E-state index contributed by atoms with van der Waals surface area (Å²) in [5, 5.41) is 0. The van der Waals surface area contributed by atoms with E-state index in [-0.39, 0.29) is 11.9 Å². The van der Waals surface area contributed by atoms with Gasteiger partial charge in [-0.3, -0.25) is 9.59 Å². The van der Waals surface area contributed by atoms with Gasteiger partial charge in [0.15, 0.2) is 0 Å². The molecule has 0 aliphatic rings. The number of nitrogens with zero attached hydrogens (tertiary/aromatic N) is 2. The molecule has 0 amide bonds. The molecule has 0 rings (SSSR count). The molecule has 0 saturated heterocycles. The Kier molecular flexibility index (Phi) is 37.7. The molecule has 0 bridgehead atoms. The lowest BCUT2D eigenvalue weighted by Crippen LogP contribution is -2.33. The SMILES string of the molecule is CCCCCCCCCCCOC(=O)CCCCCCCN(CCCCCCCC(=O)OCCCCCCCCCCC)CCN(C)C. The summed E-state index contributed by atoms with van der Waals surface area (Å²) in [7, 11) is 4.31. The Bertz CT molecular complexity index is 622. The average Bonchev–Trinajstić information content (AvgIpc) is 3.07. The Hall–Kier alpha value is -1.14. The monoisotopic (exact) mass is 681 g/mol. The van der Waals surface area contributed by atoms with Gasteiger partial charge in [0.1, 0.15) is 0 Å². The number of likely N-dealkylation sites (N-methyl/N-ethyl adjacent to an activating group) is 1. The fraction of sp³-hybridized carbons (Fsp3) is 0.952. The van der Waals surface area contributed by atoms with Crippen LogP contribution in [0.2, 0.25) is 0 Å². The van der Waals surface area contributed by atoms with Crippen molar-refractivity contribution in [1.82, 2.24) is 9.80 Å². The molecule has 0 aromatic heterocycles. The molecular formula is C42H84N2O4. The number of hydrogen-bond donors (Lipinski definition) is 0. The molecule has 0 N–H and O–H groups in total. The van der Waals surface area contributed by atoms with Crippen LogP contribution in [0, 0.1) is 0 Å². The second-order valence-corrected chi connectivity index (χ2v) is 14.8. The van der Waals surface area contributed by atoms with Crippen LogP contribution >= 0.6 is 0 Å². The first-order valence-electron chi connectivity index (χ1n) is 21.2. The fourth-order valence-corrected chi connectivity index (χ4v) is 6.29. The zero-order chi connectivity index (χ0) is 35.2. The van der Waals surface area contributed by atoms with Crippen molar-refractivity contribution in [3.05, 3.63) is 0 Å². The van der Waals surface area contributed by atoms with Gasteiger partial charge < -0.3 is 19.3 Å². The lowest BCUT2D eigenvalue weighted by Gasteiger charge is -2.24. The maximum atomic E-state index is 12.0. The van der Waals surface area contributed by atoms with E-state index in [1.165, 1.54) is 154 Å². The van der Waals surface area contributed by atoms with Crippen molar-refractivity contribution >= 4 is 11.9 Å². The standard InChI is InChI=1S/C42H84N2O4/c1-5-7-9-11-13-15-17-25-31-39-47-41(45)33-27-21-19-23-29-35-44(38-37-43(3)4)36-30-24-20-22-28-34-42(46)48-40-32-26-18-16-14-12-10-8-6-2/h5-40H2,1-4H3. The van der Waals surface area contributed by atoms with E-state index in [1.807, 2.05) is 0 Å². The first-order chi connectivity index (χ1) is 23.5. The molecule has 6 nitrogen and oxygen atoms in total. The smallest absolute Gasteiger partial charge is 0.305 e. The summed E-state index contributed by atoms with van der Waals surface area (Å²) in [6.45, 7) is 10.3. The van der Waals surface area contributed by atoms with Crippen molar-refractivity contribution in [3.63, 3.8) is 0 Å². The van der Waals surface area contributed by atoms with Crippen molar-refractivity contribution in [1.29, 1.82) is 0 Å². The molecule has 0 spiro atoms. The maximum absolute atomic E-state index is 12.0. The highest BCUT2D eigenvalue weighted by Crippen LogP contribution is 2.13. The van der Waals surface area contributed by atoms with Gasteiger partial charge in [0.2, 0.25) is 0 Å². The van der Waals surface area contributed by atoms with Crippen molar-refractivity contribution in [2.24, 2.45) is 0 Å². The van der Waals surface area contributed by atoms with Gasteiger partial charge in [0.25, 0.3) is 0 Å². The highest BCUT2D eigenvalue weighted by Gasteiger charge is 2.07. The quantitative estimate of drug-likeness (QED) is 0.0476. The summed E-state index contributed by atoms with van der Waals surface area (Å²) in [5.74, 6) is -0.0117. The third-order valence-corrected chi connectivity index (χ3v) is 9.60. The van der Waals surface area contributed by atoms with Crippen molar-refractivity contribution in [2.75, 3.05) is 53.5 Å². The van der Waals surface area contributed by atoms with Gasteiger partial charge in [-0.1, -0.05) is 155 Å². The van der Waals surface area contributed by atoms with E-state index in [1.54, 1.807) is 0 Å². The highest BCUT2D eigenvalue weighted by molar-refractivity contribution is 5.69. The van der Waals surface area contributed by atoms with Crippen LogP contribution in [0.4, 0.5) is 0 Å². The number of carbonyl (C=O) groups is 2. The van der Waals surface area contributed by atoms with Crippen LogP contribution in [0.5, 0.6) is 0 Å². The van der Waals surface area contributed by atoms with E-state index >= 15 is 0 Å². The normalized spacial score (nSPS) is 11.5. The second kappa shape index (κ2) is 38.7. The van der Waals surface area contributed by atoms with E-state index in [4.69, 9.17) is 9.47 Å². The second-order valence-electron chi connectivity index (χ2n) is 14.8. The van der Waals surface area contributed by atoms with Gasteiger partial charge in [-0.15, -0.1) is 0 Å². The molecular weight excluding hydrogens is 596 g/mol. The van der Waals surface area contributed by atoms with Crippen LogP contribution in [-0.4, -0.2) is 75.2 Å².